The molecule has 0 saturated heterocycles. The van der Waals surface area contributed by atoms with Gasteiger partial charge in [-0.05, 0) is 18.6 Å². The Morgan fingerprint density at radius 1 is 1.38 bits per heavy atom. The maximum atomic E-state index is 10.7. The highest BCUT2D eigenvalue weighted by molar-refractivity contribution is 7.86. The lowest BCUT2D eigenvalue weighted by Crippen LogP contribution is -2.03. The van der Waals surface area contributed by atoms with Gasteiger partial charge in [0.1, 0.15) is 10.6 Å². The molecule has 72 valence electrons. The largest absolute Gasteiger partial charge is 0.505 e. The van der Waals surface area contributed by atoms with Crippen molar-refractivity contribution < 1.29 is 18.1 Å². The second-order valence-electron chi connectivity index (χ2n) is 2.62. The van der Waals surface area contributed by atoms with Crippen molar-refractivity contribution in [3.05, 3.63) is 17.7 Å². The summed E-state index contributed by atoms with van der Waals surface area (Å²) in [7, 11) is -4.36. The quantitative estimate of drug-likeness (QED) is 0.351. The minimum atomic E-state index is -4.36. The van der Waals surface area contributed by atoms with E-state index in [-0.39, 0.29) is 11.4 Å². The van der Waals surface area contributed by atoms with E-state index in [4.69, 9.17) is 10.3 Å². The van der Waals surface area contributed by atoms with Crippen LogP contribution >= 0.6 is 0 Å². The van der Waals surface area contributed by atoms with E-state index in [1.54, 1.807) is 6.92 Å². The molecule has 13 heavy (non-hydrogen) atoms. The summed E-state index contributed by atoms with van der Waals surface area (Å²) in [6.45, 7) is 1.57. The second kappa shape index (κ2) is 2.90. The molecule has 1 rings (SSSR count). The lowest BCUT2D eigenvalue weighted by Gasteiger charge is -2.06. The summed E-state index contributed by atoms with van der Waals surface area (Å²) >= 11 is 0. The third-order valence-corrected chi connectivity index (χ3v) is 2.57. The lowest BCUT2D eigenvalue weighted by molar-refractivity contribution is 0.466. The average Bonchev–Trinajstić information content (AvgIpc) is 1.98. The van der Waals surface area contributed by atoms with Crippen molar-refractivity contribution in [2.24, 2.45) is 0 Å². The Bertz CT molecular complexity index is 438. The zero-order valence-electron chi connectivity index (χ0n) is 6.85. The van der Waals surface area contributed by atoms with Crippen LogP contribution in [0.2, 0.25) is 0 Å². The number of phenolic OH excluding ortho intramolecular Hbond substituents is 1. The Hall–Kier alpha value is -1.27. The Labute approximate surface area is 75.6 Å². The second-order valence-corrected chi connectivity index (χ2v) is 4.01. The molecule has 0 unspecified atom stereocenters. The Balaban J connectivity index is 3.53. The molecule has 0 spiro atoms. The van der Waals surface area contributed by atoms with Crippen molar-refractivity contribution in [3.63, 3.8) is 0 Å². The number of benzene rings is 1. The smallest absolute Gasteiger partial charge is 0.296 e. The van der Waals surface area contributed by atoms with E-state index < -0.39 is 15.0 Å². The van der Waals surface area contributed by atoms with E-state index in [1.807, 2.05) is 0 Å². The first kappa shape index (κ1) is 9.82. The van der Waals surface area contributed by atoms with E-state index in [0.717, 1.165) is 6.07 Å². The SMILES string of the molecule is Cc1ccc(S(=O)(=O)O)c(N)c1O. The summed E-state index contributed by atoms with van der Waals surface area (Å²) in [5, 5.41) is 9.25. The molecule has 1 aromatic rings. The molecule has 0 bridgehead atoms. The molecule has 0 aromatic heterocycles. The summed E-state index contributed by atoms with van der Waals surface area (Å²) in [5.41, 5.74) is 5.40. The van der Waals surface area contributed by atoms with Crippen molar-refractivity contribution >= 4 is 15.8 Å². The number of nitrogen functional groups attached to an aromatic ring is 1. The van der Waals surface area contributed by atoms with Gasteiger partial charge in [-0.1, -0.05) is 6.07 Å². The van der Waals surface area contributed by atoms with Crippen molar-refractivity contribution in [3.8, 4) is 5.75 Å². The fourth-order valence-electron chi connectivity index (χ4n) is 0.923. The number of nitrogens with two attached hydrogens (primary N) is 1. The number of hydrogen-bond acceptors (Lipinski definition) is 4. The molecule has 0 fully saturated rings. The molecule has 0 aliphatic rings. The van der Waals surface area contributed by atoms with Crippen LogP contribution in [0.25, 0.3) is 0 Å². The average molecular weight is 203 g/mol. The normalized spacial score (nSPS) is 11.5. The number of hydrogen-bond donors (Lipinski definition) is 3. The van der Waals surface area contributed by atoms with E-state index in [1.165, 1.54) is 6.07 Å². The van der Waals surface area contributed by atoms with Crippen LogP contribution < -0.4 is 5.73 Å². The van der Waals surface area contributed by atoms with Crippen LogP contribution in [0.15, 0.2) is 17.0 Å². The topological polar surface area (TPSA) is 101 Å². The molecule has 4 N–H and O–H groups in total. The number of rotatable bonds is 1. The lowest BCUT2D eigenvalue weighted by atomic mass is 10.2. The monoisotopic (exact) mass is 203 g/mol. The maximum absolute atomic E-state index is 10.7. The highest BCUT2D eigenvalue weighted by Gasteiger charge is 2.17. The molecule has 0 radical (unpaired) electrons. The van der Waals surface area contributed by atoms with Gasteiger partial charge in [-0.25, -0.2) is 0 Å². The molecular formula is C7H9NO4S. The summed E-state index contributed by atoms with van der Waals surface area (Å²) < 4.78 is 30.0. The van der Waals surface area contributed by atoms with Gasteiger partial charge in [-0.15, -0.1) is 0 Å². The predicted octanol–water partition coefficient (Wildman–Crippen LogP) is 0.530. The molecule has 0 aliphatic carbocycles. The van der Waals surface area contributed by atoms with Crippen molar-refractivity contribution in [2.45, 2.75) is 11.8 Å². The van der Waals surface area contributed by atoms with Crippen LogP contribution in [0, 0.1) is 6.92 Å². The van der Waals surface area contributed by atoms with E-state index in [0.29, 0.717) is 5.56 Å². The molecule has 5 nitrogen and oxygen atoms in total. The number of aromatic hydroxyl groups is 1. The van der Waals surface area contributed by atoms with Gasteiger partial charge in [0.25, 0.3) is 10.1 Å². The fourth-order valence-corrected chi connectivity index (χ4v) is 1.54. The molecule has 0 amide bonds. The first-order valence-corrected chi connectivity index (χ1v) is 4.83. The van der Waals surface area contributed by atoms with Crippen LogP contribution in [0.1, 0.15) is 5.56 Å². The molecule has 0 aliphatic heterocycles. The summed E-state index contributed by atoms with van der Waals surface area (Å²) in [5.74, 6) is -0.324. The third kappa shape index (κ3) is 1.73. The zero-order valence-corrected chi connectivity index (χ0v) is 7.67. The Morgan fingerprint density at radius 3 is 2.38 bits per heavy atom. The van der Waals surface area contributed by atoms with Crippen molar-refractivity contribution in [1.29, 1.82) is 0 Å². The Morgan fingerprint density at radius 2 is 1.92 bits per heavy atom. The van der Waals surface area contributed by atoms with Crippen LogP contribution in [0.3, 0.4) is 0 Å². The van der Waals surface area contributed by atoms with Gasteiger partial charge in [0.05, 0.1) is 5.69 Å². The van der Waals surface area contributed by atoms with Gasteiger partial charge in [0.2, 0.25) is 0 Å². The predicted molar refractivity (Wildman–Crippen MR) is 47.1 cm³/mol. The maximum Gasteiger partial charge on any atom is 0.296 e. The molecule has 0 atom stereocenters. The van der Waals surface area contributed by atoms with Gasteiger partial charge in [-0.3, -0.25) is 4.55 Å². The first-order valence-electron chi connectivity index (χ1n) is 3.39. The molecular weight excluding hydrogens is 194 g/mol. The molecule has 0 saturated carbocycles. The zero-order chi connectivity index (χ0) is 10.2. The summed E-state index contributed by atoms with van der Waals surface area (Å²) in [4.78, 5) is -0.476. The minimum Gasteiger partial charge on any atom is -0.505 e. The fraction of sp³-hybridized carbons (Fsp3) is 0.143. The number of phenols is 1. The van der Waals surface area contributed by atoms with Crippen LogP contribution in [0.4, 0.5) is 5.69 Å². The highest BCUT2D eigenvalue weighted by atomic mass is 32.2. The van der Waals surface area contributed by atoms with E-state index >= 15 is 0 Å². The summed E-state index contributed by atoms with van der Waals surface area (Å²) in [6.07, 6.45) is 0. The molecule has 6 heteroatoms. The standard InChI is InChI=1S/C7H9NO4S/c1-4-2-3-5(13(10,11)12)6(8)7(4)9/h2-3,9H,8H2,1H3,(H,10,11,12). The Kier molecular flexibility index (Phi) is 2.19. The van der Waals surface area contributed by atoms with Gasteiger partial charge in [0, 0.05) is 0 Å². The summed E-state index contributed by atoms with van der Waals surface area (Å²) in [6, 6.07) is 2.49. The van der Waals surface area contributed by atoms with E-state index in [2.05, 4.69) is 0 Å². The first-order chi connectivity index (χ1) is 5.84. The highest BCUT2D eigenvalue weighted by Crippen LogP contribution is 2.30. The number of anilines is 1. The van der Waals surface area contributed by atoms with Crippen LogP contribution in [0.5, 0.6) is 5.75 Å². The van der Waals surface area contributed by atoms with Gasteiger partial charge in [0.15, 0.2) is 0 Å². The van der Waals surface area contributed by atoms with Crippen LogP contribution in [-0.4, -0.2) is 18.1 Å². The molecule has 1 aromatic carbocycles. The van der Waals surface area contributed by atoms with E-state index in [9.17, 15) is 13.5 Å². The van der Waals surface area contributed by atoms with Crippen molar-refractivity contribution in [2.75, 3.05) is 5.73 Å². The van der Waals surface area contributed by atoms with Gasteiger partial charge >= 0.3 is 0 Å². The van der Waals surface area contributed by atoms with Crippen molar-refractivity contribution in [1.82, 2.24) is 0 Å². The third-order valence-electron chi connectivity index (χ3n) is 1.66. The van der Waals surface area contributed by atoms with Crippen LogP contribution in [-0.2, 0) is 10.1 Å². The number of aryl methyl sites for hydroxylation is 1. The minimum absolute atomic E-state index is 0.324. The molecule has 0 heterocycles. The van der Waals surface area contributed by atoms with Gasteiger partial charge < -0.3 is 10.8 Å². The van der Waals surface area contributed by atoms with Gasteiger partial charge in [-0.2, -0.15) is 8.42 Å².